The van der Waals surface area contributed by atoms with E-state index in [0.717, 1.165) is 37.1 Å². The van der Waals surface area contributed by atoms with Gasteiger partial charge in [0.05, 0.1) is 16.8 Å². The Morgan fingerprint density at radius 2 is 1.70 bits per heavy atom. The minimum atomic E-state index is -0.491. The van der Waals surface area contributed by atoms with E-state index in [1.807, 2.05) is 52.0 Å². The number of nitrogens with zero attached hydrogens (tertiary/aromatic N) is 4. The molecule has 3 amide bonds. The Hall–Kier alpha value is -4.11. The van der Waals surface area contributed by atoms with Crippen LogP contribution in [0, 0.1) is 0 Å². The Balaban J connectivity index is 1.35. The minimum Gasteiger partial charge on any atom is -0.447 e. The summed E-state index contributed by atoms with van der Waals surface area (Å²) in [4.78, 5) is 35.3. The number of likely N-dealkylation sites (tertiary alicyclic amines) is 1. The fourth-order valence-corrected chi connectivity index (χ4v) is 4.41. The van der Waals surface area contributed by atoms with Crippen LogP contribution in [0.3, 0.4) is 0 Å². The van der Waals surface area contributed by atoms with Crippen molar-refractivity contribution < 1.29 is 14.3 Å². The number of aromatic nitrogens is 3. The average Bonchev–Trinajstić information content (AvgIpc) is 3.55. The highest BCUT2D eigenvalue weighted by Gasteiger charge is 2.19. The van der Waals surface area contributed by atoms with Gasteiger partial charge in [-0.25, -0.2) is 19.6 Å². The molecule has 1 aliphatic heterocycles. The number of benzene rings is 2. The number of urea groups is 1. The van der Waals surface area contributed by atoms with Crippen molar-refractivity contribution in [2.45, 2.75) is 32.8 Å². The number of fused-ring (bicyclic) bond motifs is 1. The SMILES string of the molecule is CC(C)OC(=O)Nc1ccc(-c2cnc3nc(-c4cc(NC(=O)N5CCCC5)ccc4Cl)cn3c2)cc1. The summed E-state index contributed by atoms with van der Waals surface area (Å²) >= 11 is 6.50. The molecule has 2 aromatic heterocycles. The Kier molecular flexibility index (Phi) is 6.96. The molecule has 1 fully saturated rings. The number of hydrogen-bond acceptors (Lipinski definition) is 5. The predicted molar refractivity (Wildman–Crippen MR) is 144 cm³/mol. The van der Waals surface area contributed by atoms with Crippen LogP contribution in [0.15, 0.2) is 61.1 Å². The van der Waals surface area contributed by atoms with Crippen LogP contribution >= 0.6 is 11.6 Å². The van der Waals surface area contributed by atoms with E-state index >= 15 is 0 Å². The Morgan fingerprint density at radius 3 is 2.43 bits per heavy atom. The van der Waals surface area contributed by atoms with Crippen molar-refractivity contribution in [1.82, 2.24) is 19.3 Å². The van der Waals surface area contributed by atoms with E-state index in [4.69, 9.17) is 16.3 Å². The first-order chi connectivity index (χ1) is 17.9. The predicted octanol–water partition coefficient (Wildman–Crippen LogP) is 6.30. The number of anilines is 2. The topological polar surface area (TPSA) is 101 Å². The number of halogens is 1. The molecule has 0 spiro atoms. The zero-order chi connectivity index (χ0) is 25.9. The van der Waals surface area contributed by atoms with Crippen molar-refractivity contribution >= 4 is 40.9 Å². The van der Waals surface area contributed by atoms with Gasteiger partial charge in [-0.1, -0.05) is 23.7 Å². The number of imidazole rings is 1. The molecular weight excluding hydrogens is 492 g/mol. The number of hydrogen-bond donors (Lipinski definition) is 2. The van der Waals surface area contributed by atoms with E-state index in [-0.39, 0.29) is 12.1 Å². The van der Waals surface area contributed by atoms with Crippen molar-refractivity contribution in [2.75, 3.05) is 23.7 Å². The smallest absolute Gasteiger partial charge is 0.411 e. The molecule has 9 nitrogen and oxygen atoms in total. The van der Waals surface area contributed by atoms with Crippen LogP contribution in [0.1, 0.15) is 26.7 Å². The lowest BCUT2D eigenvalue weighted by atomic mass is 10.1. The van der Waals surface area contributed by atoms with E-state index < -0.39 is 6.09 Å². The van der Waals surface area contributed by atoms with Crippen molar-refractivity contribution in [3.8, 4) is 22.4 Å². The van der Waals surface area contributed by atoms with E-state index in [2.05, 4.69) is 20.6 Å². The lowest BCUT2D eigenvalue weighted by Crippen LogP contribution is -2.32. The molecule has 0 saturated carbocycles. The largest absolute Gasteiger partial charge is 0.447 e. The lowest BCUT2D eigenvalue weighted by Gasteiger charge is -2.16. The van der Waals surface area contributed by atoms with Crippen molar-refractivity contribution in [3.63, 3.8) is 0 Å². The van der Waals surface area contributed by atoms with Gasteiger partial charge >= 0.3 is 12.1 Å². The average molecular weight is 519 g/mol. The second kappa shape index (κ2) is 10.5. The standard InChI is InChI=1S/C27H27ClN6O3/c1-17(2)37-27(36)31-20-7-5-18(6-8-20)19-14-29-25-32-24(16-34(25)15-19)22-13-21(9-10-23(22)28)30-26(35)33-11-3-4-12-33/h5-10,13-17H,3-4,11-12H2,1-2H3,(H,30,35)(H,31,36). The van der Waals surface area contributed by atoms with Crippen molar-refractivity contribution in [3.05, 3.63) is 66.1 Å². The molecule has 2 N–H and O–H groups in total. The van der Waals surface area contributed by atoms with Crippen molar-refractivity contribution in [1.29, 1.82) is 0 Å². The molecule has 10 heteroatoms. The first kappa shape index (κ1) is 24.6. The molecule has 4 aromatic rings. The highest BCUT2D eigenvalue weighted by atomic mass is 35.5. The number of carbonyl (C=O) groups is 2. The van der Waals surface area contributed by atoms with E-state index in [1.54, 1.807) is 32.2 Å². The molecule has 37 heavy (non-hydrogen) atoms. The number of carbonyl (C=O) groups excluding carboxylic acids is 2. The molecule has 5 rings (SSSR count). The number of rotatable bonds is 5. The zero-order valence-corrected chi connectivity index (χ0v) is 21.3. The van der Waals surface area contributed by atoms with Gasteiger partial charge in [-0.2, -0.15) is 0 Å². The summed E-state index contributed by atoms with van der Waals surface area (Å²) in [6.07, 6.45) is 6.92. The Morgan fingerprint density at radius 1 is 0.973 bits per heavy atom. The van der Waals surface area contributed by atoms with Gasteiger partial charge in [-0.3, -0.25) is 9.72 Å². The van der Waals surface area contributed by atoms with E-state index in [0.29, 0.717) is 33.4 Å². The van der Waals surface area contributed by atoms with Gasteiger partial charge in [0.25, 0.3) is 0 Å². The summed E-state index contributed by atoms with van der Waals surface area (Å²) in [7, 11) is 0. The quantitative estimate of drug-likeness (QED) is 0.323. The van der Waals surface area contributed by atoms with Crippen LogP contribution in [0.5, 0.6) is 0 Å². The third kappa shape index (κ3) is 5.67. The molecule has 3 heterocycles. The number of nitrogens with one attached hydrogen (secondary N) is 2. The van der Waals surface area contributed by atoms with Crippen LogP contribution in [0.2, 0.25) is 5.02 Å². The van der Waals surface area contributed by atoms with E-state index in [9.17, 15) is 9.59 Å². The minimum absolute atomic E-state index is 0.106. The maximum atomic E-state index is 12.5. The fourth-order valence-electron chi connectivity index (χ4n) is 4.19. The van der Waals surface area contributed by atoms with Gasteiger partial charge in [0.1, 0.15) is 0 Å². The van der Waals surface area contributed by atoms with Gasteiger partial charge in [0.15, 0.2) is 0 Å². The van der Waals surface area contributed by atoms with Crippen LogP contribution in [0.25, 0.3) is 28.2 Å². The first-order valence-electron chi connectivity index (χ1n) is 12.1. The molecular formula is C27H27ClN6O3. The summed E-state index contributed by atoms with van der Waals surface area (Å²) in [5.41, 5.74) is 4.46. The molecule has 190 valence electrons. The maximum Gasteiger partial charge on any atom is 0.411 e. The zero-order valence-electron chi connectivity index (χ0n) is 20.6. The summed E-state index contributed by atoms with van der Waals surface area (Å²) in [5, 5.41) is 6.19. The van der Waals surface area contributed by atoms with Crippen LogP contribution in [-0.4, -0.2) is 50.6 Å². The van der Waals surface area contributed by atoms with Crippen LogP contribution < -0.4 is 10.6 Å². The molecule has 1 saturated heterocycles. The first-order valence-corrected chi connectivity index (χ1v) is 12.5. The second-order valence-corrected chi connectivity index (χ2v) is 9.56. The maximum absolute atomic E-state index is 12.5. The highest BCUT2D eigenvalue weighted by molar-refractivity contribution is 6.33. The molecule has 0 unspecified atom stereocenters. The molecule has 0 atom stereocenters. The van der Waals surface area contributed by atoms with Crippen LogP contribution in [0.4, 0.5) is 21.0 Å². The van der Waals surface area contributed by atoms with Gasteiger partial charge < -0.3 is 15.0 Å². The summed E-state index contributed by atoms with van der Waals surface area (Å²) < 4.78 is 6.95. The number of amides is 3. The van der Waals surface area contributed by atoms with Crippen molar-refractivity contribution in [2.24, 2.45) is 0 Å². The Labute approximate surface area is 219 Å². The lowest BCUT2D eigenvalue weighted by molar-refractivity contribution is 0.130. The highest BCUT2D eigenvalue weighted by Crippen LogP contribution is 2.31. The summed E-state index contributed by atoms with van der Waals surface area (Å²) in [6.45, 7) is 5.14. The Bertz CT molecular complexity index is 1440. The molecule has 0 aliphatic carbocycles. The van der Waals surface area contributed by atoms with Gasteiger partial charge in [-0.15, -0.1) is 0 Å². The van der Waals surface area contributed by atoms with Gasteiger partial charge in [-0.05, 0) is 62.6 Å². The fraction of sp³-hybridized carbons (Fsp3) is 0.259. The summed E-state index contributed by atoms with van der Waals surface area (Å²) in [6, 6.07) is 12.7. The van der Waals surface area contributed by atoms with E-state index in [1.165, 1.54) is 0 Å². The molecule has 2 aromatic carbocycles. The molecule has 1 aliphatic rings. The second-order valence-electron chi connectivity index (χ2n) is 9.15. The third-order valence-electron chi connectivity index (χ3n) is 6.00. The number of ether oxygens (including phenoxy) is 1. The molecule has 0 bridgehead atoms. The normalized spacial score (nSPS) is 13.2. The van der Waals surface area contributed by atoms with Crippen LogP contribution in [-0.2, 0) is 4.74 Å². The summed E-state index contributed by atoms with van der Waals surface area (Å²) in [5.74, 6) is 0.524. The third-order valence-corrected chi connectivity index (χ3v) is 6.33. The molecule has 0 radical (unpaired) electrons. The van der Waals surface area contributed by atoms with Gasteiger partial charge in [0, 0.05) is 54.2 Å². The monoisotopic (exact) mass is 518 g/mol. The van der Waals surface area contributed by atoms with Gasteiger partial charge in [0.2, 0.25) is 5.78 Å².